The van der Waals surface area contributed by atoms with E-state index in [1.165, 1.54) is 60.1 Å². The third kappa shape index (κ3) is 7.86. The fourth-order valence-corrected chi connectivity index (χ4v) is 5.85. The van der Waals surface area contributed by atoms with Gasteiger partial charge in [-0.05, 0) is 67.9 Å². The molecule has 2 aromatic carbocycles. The zero-order valence-electron chi connectivity index (χ0n) is 30.1. The van der Waals surface area contributed by atoms with E-state index in [-0.39, 0.29) is 34.7 Å². The Bertz CT molecular complexity index is 2100. The maximum Gasteiger partial charge on any atom is 0.162 e. The molecule has 0 radical (unpaired) electrons. The fraction of sp³-hybridized carbons (Fsp3) is 0.220. The molecule has 0 spiro atoms. The van der Waals surface area contributed by atoms with E-state index in [0.717, 1.165) is 43.9 Å². The first-order valence-corrected chi connectivity index (χ1v) is 16.1. The van der Waals surface area contributed by atoms with Crippen molar-refractivity contribution in [2.45, 2.75) is 62.3 Å². The highest BCUT2D eigenvalue weighted by atomic mass is 16.1. The largest absolute Gasteiger partial charge is 0.294 e. The van der Waals surface area contributed by atoms with Crippen LogP contribution in [0.15, 0.2) is 67.5 Å². The highest BCUT2D eigenvalue weighted by Gasteiger charge is 2.17. The van der Waals surface area contributed by atoms with Gasteiger partial charge in [0.15, 0.2) is 34.7 Å². The van der Waals surface area contributed by atoms with E-state index >= 15 is 0 Å². The predicted octanol–water partition coefficient (Wildman–Crippen LogP) is 8.24. The highest BCUT2D eigenvalue weighted by Crippen LogP contribution is 2.27. The lowest BCUT2D eigenvalue weighted by atomic mass is 9.95. The van der Waals surface area contributed by atoms with Crippen molar-refractivity contribution in [3.8, 4) is 0 Å². The van der Waals surface area contributed by atoms with Gasteiger partial charge in [-0.3, -0.25) is 48.7 Å². The summed E-state index contributed by atoms with van der Waals surface area (Å²) in [5, 5.41) is 4.59. The summed E-state index contributed by atoms with van der Waals surface area (Å²) in [5.74, 6) is -0.424. The van der Waals surface area contributed by atoms with E-state index in [9.17, 15) is 28.8 Å². The van der Waals surface area contributed by atoms with Crippen molar-refractivity contribution in [3.05, 3.63) is 118 Å². The number of carbonyl (C=O) groups is 6. The Labute approximate surface area is 295 Å². The van der Waals surface area contributed by atoms with Crippen LogP contribution in [0.25, 0.3) is 32.3 Å². The summed E-state index contributed by atoms with van der Waals surface area (Å²) in [7, 11) is 0. The Balaban J connectivity index is 0.000000172. The SMILES string of the molecule is CC(=O)c1ccc(C)c2cncc(C(C)=O)c12.CC(=O)c1cccc2c(C)ncc(C(C)=O)c12.CC(=O)c1cncc2c(C)ncc(C(C)=O)c12. The summed E-state index contributed by atoms with van der Waals surface area (Å²) < 4.78 is 0. The van der Waals surface area contributed by atoms with Crippen LogP contribution in [0.4, 0.5) is 0 Å². The second-order valence-corrected chi connectivity index (χ2v) is 12.2. The first kappa shape index (κ1) is 37.7. The number of hydrogen-bond acceptors (Lipinski definition) is 10. The monoisotopic (exact) mass is 682 g/mol. The van der Waals surface area contributed by atoms with E-state index in [0.29, 0.717) is 38.8 Å². The lowest BCUT2D eigenvalue weighted by Gasteiger charge is -2.09. The van der Waals surface area contributed by atoms with Gasteiger partial charge in [0.2, 0.25) is 0 Å². The molecule has 0 unspecified atom stereocenters. The van der Waals surface area contributed by atoms with E-state index in [2.05, 4.69) is 19.9 Å². The van der Waals surface area contributed by atoms with Crippen LogP contribution in [0.5, 0.6) is 0 Å². The quantitative estimate of drug-likeness (QED) is 0.157. The second kappa shape index (κ2) is 15.6. The number of pyridine rings is 4. The van der Waals surface area contributed by atoms with Crippen LogP contribution in [-0.2, 0) is 0 Å². The molecule has 10 heteroatoms. The first-order chi connectivity index (χ1) is 24.1. The second-order valence-electron chi connectivity index (χ2n) is 12.2. The normalized spacial score (nSPS) is 10.5. The molecule has 10 nitrogen and oxygen atoms in total. The summed E-state index contributed by atoms with van der Waals surface area (Å²) in [6, 6.07) is 9.10. The van der Waals surface area contributed by atoms with Gasteiger partial charge in [-0.2, -0.15) is 0 Å². The summed E-state index contributed by atoms with van der Waals surface area (Å²) in [4.78, 5) is 86.0. The highest BCUT2D eigenvalue weighted by molar-refractivity contribution is 6.17. The van der Waals surface area contributed by atoms with Gasteiger partial charge in [0.25, 0.3) is 0 Å². The summed E-state index contributed by atoms with van der Waals surface area (Å²) in [6.07, 6.45) is 9.42. The van der Waals surface area contributed by atoms with Gasteiger partial charge in [0.1, 0.15) is 0 Å². The number of Topliss-reactive ketones (excluding diaryl/α,β-unsaturated/α-hetero) is 6. The van der Waals surface area contributed by atoms with Gasteiger partial charge >= 0.3 is 0 Å². The van der Waals surface area contributed by atoms with Gasteiger partial charge < -0.3 is 0 Å². The zero-order valence-corrected chi connectivity index (χ0v) is 30.1. The molecule has 4 aromatic heterocycles. The molecule has 4 heterocycles. The number of aromatic nitrogens is 4. The average Bonchev–Trinajstić information content (AvgIpc) is 3.08. The molecule has 0 amide bonds. The molecule has 0 aliphatic carbocycles. The molecule has 0 atom stereocenters. The van der Waals surface area contributed by atoms with Crippen molar-refractivity contribution in [3.63, 3.8) is 0 Å². The van der Waals surface area contributed by atoms with Crippen LogP contribution in [0.1, 0.15) is 121 Å². The molecule has 0 fully saturated rings. The Morgan fingerprint density at radius 2 is 0.765 bits per heavy atom. The molecule has 258 valence electrons. The van der Waals surface area contributed by atoms with Crippen molar-refractivity contribution >= 4 is 67.0 Å². The van der Waals surface area contributed by atoms with Crippen LogP contribution < -0.4 is 0 Å². The number of aryl methyl sites for hydroxylation is 3. The number of fused-ring (bicyclic) bond motifs is 3. The number of ketones is 6. The molecule has 0 saturated carbocycles. The predicted molar refractivity (Wildman–Crippen MR) is 197 cm³/mol. The third-order valence-electron chi connectivity index (χ3n) is 8.52. The van der Waals surface area contributed by atoms with Crippen molar-refractivity contribution in [2.75, 3.05) is 0 Å². The number of hydrogen-bond donors (Lipinski definition) is 0. The van der Waals surface area contributed by atoms with Crippen molar-refractivity contribution < 1.29 is 28.8 Å². The summed E-state index contributed by atoms with van der Waals surface area (Å²) in [5.41, 5.74) is 5.73. The molecule has 0 bridgehead atoms. The van der Waals surface area contributed by atoms with Crippen molar-refractivity contribution in [1.82, 2.24) is 19.9 Å². The van der Waals surface area contributed by atoms with Gasteiger partial charge in [0, 0.05) is 114 Å². The van der Waals surface area contributed by atoms with Gasteiger partial charge in [-0.15, -0.1) is 0 Å². The molecule has 0 saturated heterocycles. The zero-order chi connectivity index (χ0) is 37.7. The lowest BCUT2D eigenvalue weighted by molar-refractivity contribution is 0.100. The Kier molecular flexibility index (Phi) is 11.5. The molecule has 0 aliphatic rings. The molecule has 0 N–H and O–H groups in total. The fourth-order valence-electron chi connectivity index (χ4n) is 5.85. The van der Waals surface area contributed by atoms with Crippen LogP contribution >= 0.6 is 0 Å². The van der Waals surface area contributed by atoms with Crippen LogP contribution in [0, 0.1) is 20.8 Å². The number of benzene rings is 2. The maximum absolute atomic E-state index is 11.6. The van der Waals surface area contributed by atoms with E-state index in [4.69, 9.17) is 0 Å². The van der Waals surface area contributed by atoms with E-state index in [1.54, 1.807) is 30.7 Å². The first-order valence-electron chi connectivity index (χ1n) is 16.1. The number of carbonyl (C=O) groups excluding carboxylic acids is 6. The van der Waals surface area contributed by atoms with Gasteiger partial charge in [-0.1, -0.05) is 30.3 Å². The summed E-state index contributed by atoms with van der Waals surface area (Å²) in [6.45, 7) is 14.6. The van der Waals surface area contributed by atoms with Gasteiger partial charge in [-0.25, -0.2) is 0 Å². The molecule has 0 aliphatic heterocycles. The Morgan fingerprint density at radius 1 is 0.392 bits per heavy atom. The molecular weight excluding hydrogens is 644 g/mol. The topological polar surface area (TPSA) is 154 Å². The number of nitrogens with zero attached hydrogens (tertiary/aromatic N) is 4. The minimum absolute atomic E-state index is 0.0382. The van der Waals surface area contributed by atoms with Gasteiger partial charge in [0.05, 0.1) is 0 Å². The number of rotatable bonds is 6. The van der Waals surface area contributed by atoms with E-state index < -0.39 is 0 Å². The van der Waals surface area contributed by atoms with Crippen LogP contribution in [0.3, 0.4) is 0 Å². The minimum atomic E-state index is -0.101. The Morgan fingerprint density at radius 3 is 1.24 bits per heavy atom. The molecule has 6 aromatic rings. The molecular formula is C41H38N4O6. The smallest absolute Gasteiger partial charge is 0.162 e. The van der Waals surface area contributed by atoms with Crippen LogP contribution in [0.2, 0.25) is 0 Å². The standard InChI is InChI=1S/2C14H13NO2.C13H12N2O2/c1-8-4-5-11(9(2)16)14-12(8)6-15-7-13(14)10(3)17;1-8-11-5-4-6-12(9(2)16)14(11)13(7-15-8)10(3)17;1-7-10-4-14-5-11(8(2)16)13(10)12(6-15-7)9(3)17/h2*4-7H,1-3H3;4-6H,1-3H3. The third-order valence-corrected chi connectivity index (χ3v) is 8.52. The van der Waals surface area contributed by atoms with E-state index in [1.807, 2.05) is 39.0 Å². The van der Waals surface area contributed by atoms with Crippen LogP contribution in [-0.4, -0.2) is 54.6 Å². The molecule has 6 rings (SSSR count). The maximum atomic E-state index is 11.6. The van der Waals surface area contributed by atoms with Crippen molar-refractivity contribution in [2.24, 2.45) is 0 Å². The lowest BCUT2D eigenvalue weighted by Crippen LogP contribution is -2.03. The minimum Gasteiger partial charge on any atom is -0.294 e. The summed E-state index contributed by atoms with van der Waals surface area (Å²) >= 11 is 0. The average molecular weight is 683 g/mol. The Hall–Kier alpha value is -6.16. The molecule has 51 heavy (non-hydrogen) atoms. The van der Waals surface area contributed by atoms with Crippen molar-refractivity contribution in [1.29, 1.82) is 0 Å².